The number of halogens is 1. The van der Waals surface area contributed by atoms with Crippen molar-refractivity contribution in [1.82, 2.24) is 15.1 Å². The Hall–Kier alpha value is -0.390. The van der Waals surface area contributed by atoms with Gasteiger partial charge in [0.25, 0.3) is 0 Å². The van der Waals surface area contributed by atoms with Crippen LogP contribution in [0.2, 0.25) is 0 Å². The van der Waals surface area contributed by atoms with Gasteiger partial charge < -0.3 is 10.1 Å². The summed E-state index contributed by atoms with van der Waals surface area (Å²) >= 11 is 3.67. The van der Waals surface area contributed by atoms with Crippen molar-refractivity contribution in [3.63, 3.8) is 0 Å². The van der Waals surface area contributed by atoms with E-state index in [1.165, 1.54) is 16.6 Å². The van der Waals surface area contributed by atoms with Gasteiger partial charge in [-0.3, -0.25) is 4.68 Å². The SMILES string of the molecule is CCc1nn(C)c(CCC(C)CNCCOC)c1Br. The Bertz CT molecular complexity index is 379. The minimum atomic E-state index is 0.656. The van der Waals surface area contributed by atoms with Gasteiger partial charge in [0.2, 0.25) is 0 Å². The molecule has 0 saturated carbocycles. The average molecular weight is 332 g/mol. The summed E-state index contributed by atoms with van der Waals surface area (Å²) in [6.07, 6.45) is 3.21. The van der Waals surface area contributed by atoms with Crippen molar-refractivity contribution in [1.29, 1.82) is 0 Å². The van der Waals surface area contributed by atoms with E-state index in [-0.39, 0.29) is 0 Å². The zero-order valence-electron chi connectivity index (χ0n) is 12.5. The molecular weight excluding hydrogens is 306 g/mol. The van der Waals surface area contributed by atoms with Gasteiger partial charge >= 0.3 is 0 Å². The van der Waals surface area contributed by atoms with E-state index in [4.69, 9.17) is 4.74 Å². The van der Waals surface area contributed by atoms with Gasteiger partial charge in [0.05, 0.1) is 22.5 Å². The van der Waals surface area contributed by atoms with Gasteiger partial charge in [0.1, 0.15) is 0 Å². The molecule has 1 aromatic heterocycles. The third-order valence-corrected chi connectivity index (χ3v) is 4.27. The van der Waals surface area contributed by atoms with Crippen LogP contribution in [0.5, 0.6) is 0 Å². The molecule has 19 heavy (non-hydrogen) atoms. The van der Waals surface area contributed by atoms with Crippen LogP contribution in [0, 0.1) is 5.92 Å². The number of ether oxygens (including phenoxy) is 1. The Labute approximate surface area is 125 Å². The molecule has 110 valence electrons. The first-order chi connectivity index (χ1) is 9.10. The lowest BCUT2D eigenvalue weighted by Gasteiger charge is -2.12. The fraction of sp³-hybridized carbons (Fsp3) is 0.786. The predicted molar refractivity (Wildman–Crippen MR) is 82.5 cm³/mol. The van der Waals surface area contributed by atoms with Gasteiger partial charge in [-0.15, -0.1) is 0 Å². The van der Waals surface area contributed by atoms with Crippen molar-refractivity contribution in [2.45, 2.75) is 33.1 Å². The number of rotatable bonds is 9. The molecule has 1 N–H and O–H groups in total. The standard InChI is InChI=1S/C14H26BrN3O/c1-5-12-14(15)13(18(3)17-12)7-6-11(2)10-16-8-9-19-4/h11,16H,5-10H2,1-4H3. The molecule has 0 amide bonds. The van der Waals surface area contributed by atoms with E-state index in [1.54, 1.807) is 7.11 Å². The van der Waals surface area contributed by atoms with Crippen molar-refractivity contribution in [3.8, 4) is 0 Å². The van der Waals surface area contributed by atoms with E-state index in [0.717, 1.165) is 38.2 Å². The van der Waals surface area contributed by atoms with Crippen LogP contribution in [0.1, 0.15) is 31.7 Å². The Morgan fingerprint density at radius 3 is 2.79 bits per heavy atom. The van der Waals surface area contributed by atoms with E-state index in [1.807, 2.05) is 11.7 Å². The number of nitrogens with one attached hydrogen (secondary N) is 1. The van der Waals surface area contributed by atoms with Crippen LogP contribution < -0.4 is 5.32 Å². The lowest BCUT2D eigenvalue weighted by Crippen LogP contribution is -2.25. The Morgan fingerprint density at radius 2 is 2.21 bits per heavy atom. The zero-order valence-corrected chi connectivity index (χ0v) is 14.1. The summed E-state index contributed by atoms with van der Waals surface area (Å²) in [5.41, 5.74) is 2.46. The minimum absolute atomic E-state index is 0.656. The van der Waals surface area contributed by atoms with Gasteiger partial charge in [0.15, 0.2) is 0 Å². The molecule has 0 bridgehead atoms. The highest BCUT2D eigenvalue weighted by Crippen LogP contribution is 2.23. The summed E-state index contributed by atoms with van der Waals surface area (Å²) in [7, 11) is 3.76. The molecular formula is C14H26BrN3O. The first-order valence-corrected chi connectivity index (χ1v) is 7.79. The van der Waals surface area contributed by atoms with E-state index in [2.05, 4.69) is 40.2 Å². The Balaban J connectivity index is 2.37. The Kier molecular flexibility index (Phi) is 7.64. The van der Waals surface area contributed by atoms with Gasteiger partial charge in [-0.2, -0.15) is 5.10 Å². The molecule has 0 aromatic carbocycles. The molecule has 0 fully saturated rings. The molecule has 0 aliphatic carbocycles. The molecule has 5 heteroatoms. The topological polar surface area (TPSA) is 39.1 Å². The molecule has 4 nitrogen and oxygen atoms in total. The molecule has 1 aromatic rings. The maximum absolute atomic E-state index is 5.02. The van der Waals surface area contributed by atoms with Crippen LogP contribution in [0.3, 0.4) is 0 Å². The van der Waals surface area contributed by atoms with Crippen LogP contribution in [-0.4, -0.2) is 36.6 Å². The highest BCUT2D eigenvalue weighted by atomic mass is 79.9. The predicted octanol–water partition coefficient (Wildman–Crippen LogP) is 2.55. The highest BCUT2D eigenvalue weighted by Gasteiger charge is 2.13. The molecule has 0 aliphatic rings. The third-order valence-electron chi connectivity index (χ3n) is 3.35. The maximum atomic E-state index is 5.02. The summed E-state index contributed by atoms with van der Waals surface area (Å²) < 4.78 is 8.22. The van der Waals surface area contributed by atoms with Crippen LogP contribution in [0.25, 0.3) is 0 Å². The number of methoxy groups -OCH3 is 1. The van der Waals surface area contributed by atoms with Gasteiger partial charge in [0, 0.05) is 20.7 Å². The lowest BCUT2D eigenvalue weighted by atomic mass is 10.0. The van der Waals surface area contributed by atoms with Crippen LogP contribution in [0.4, 0.5) is 0 Å². The van der Waals surface area contributed by atoms with E-state index >= 15 is 0 Å². The van der Waals surface area contributed by atoms with E-state index < -0.39 is 0 Å². The van der Waals surface area contributed by atoms with Crippen molar-refractivity contribution < 1.29 is 4.74 Å². The van der Waals surface area contributed by atoms with E-state index in [0.29, 0.717) is 5.92 Å². The second kappa shape index (κ2) is 8.72. The molecule has 1 atom stereocenters. The molecule has 1 unspecified atom stereocenters. The molecule has 0 saturated heterocycles. The van der Waals surface area contributed by atoms with Gasteiger partial charge in [-0.05, 0) is 47.7 Å². The first kappa shape index (κ1) is 16.7. The Morgan fingerprint density at radius 1 is 1.47 bits per heavy atom. The van der Waals surface area contributed by atoms with Crippen molar-refractivity contribution >= 4 is 15.9 Å². The highest BCUT2D eigenvalue weighted by molar-refractivity contribution is 9.10. The normalized spacial score (nSPS) is 12.9. The summed E-state index contributed by atoms with van der Waals surface area (Å²) in [4.78, 5) is 0. The number of nitrogens with zero attached hydrogens (tertiary/aromatic N) is 2. The van der Waals surface area contributed by atoms with Gasteiger partial charge in [-0.25, -0.2) is 0 Å². The van der Waals surface area contributed by atoms with Crippen molar-refractivity contribution in [2.24, 2.45) is 13.0 Å². The fourth-order valence-corrected chi connectivity index (χ4v) is 2.91. The van der Waals surface area contributed by atoms with Crippen LogP contribution >= 0.6 is 15.9 Å². The van der Waals surface area contributed by atoms with Crippen LogP contribution in [0.15, 0.2) is 4.47 Å². The minimum Gasteiger partial charge on any atom is -0.383 e. The molecule has 1 rings (SSSR count). The smallest absolute Gasteiger partial charge is 0.0766 e. The summed E-state index contributed by atoms with van der Waals surface area (Å²) in [6.45, 7) is 7.17. The fourth-order valence-electron chi connectivity index (χ4n) is 2.10. The molecule has 0 spiro atoms. The summed E-state index contributed by atoms with van der Waals surface area (Å²) in [5, 5.41) is 7.94. The number of hydrogen-bond donors (Lipinski definition) is 1. The monoisotopic (exact) mass is 331 g/mol. The van der Waals surface area contributed by atoms with Crippen molar-refractivity contribution in [3.05, 3.63) is 15.9 Å². The molecule has 1 heterocycles. The van der Waals surface area contributed by atoms with Crippen LogP contribution in [-0.2, 0) is 24.6 Å². The van der Waals surface area contributed by atoms with Gasteiger partial charge in [-0.1, -0.05) is 13.8 Å². The zero-order chi connectivity index (χ0) is 14.3. The van der Waals surface area contributed by atoms with Crippen molar-refractivity contribution in [2.75, 3.05) is 26.8 Å². The molecule has 0 radical (unpaired) electrons. The summed E-state index contributed by atoms with van der Waals surface area (Å²) in [5.74, 6) is 0.656. The summed E-state index contributed by atoms with van der Waals surface area (Å²) in [6, 6.07) is 0. The maximum Gasteiger partial charge on any atom is 0.0766 e. The lowest BCUT2D eigenvalue weighted by molar-refractivity contribution is 0.198. The third kappa shape index (κ3) is 5.24. The quantitative estimate of drug-likeness (QED) is 0.707. The number of hydrogen-bond acceptors (Lipinski definition) is 3. The second-order valence-electron chi connectivity index (χ2n) is 5.03. The molecule has 0 aliphatic heterocycles. The first-order valence-electron chi connectivity index (χ1n) is 7.00. The number of aryl methyl sites for hydroxylation is 2. The average Bonchev–Trinajstić information content (AvgIpc) is 2.67. The van der Waals surface area contributed by atoms with E-state index in [9.17, 15) is 0 Å². The second-order valence-corrected chi connectivity index (χ2v) is 5.82. The largest absolute Gasteiger partial charge is 0.383 e. The number of aromatic nitrogens is 2.